The number of hydrogen-bond donors (Lipinski definition) is 0. The summed E-state index contributed by atoms with van der Waals surface area (Å²) in [6.45, 7) is 2.18. The zero-order valence-corrected chi connectivity index (χ0v) is 6.74. The Morgan fingerprint density at radius 3 is 3.30 bits per heavy atom. The van der Waals surface area contributed by atoms with E-state index in [0.717, 1.165) is 0 Å². The molecule has 0 unspecified atom stereocenters. The monoisotopic (exact) mass is 151 g/mol. The van der Waals surface area contributed by atoms with Crippen LogP contribution >= 0.6 is 11.5 Å². The van der Waals surface area contributed by atoms with Crippen molar-refractivity contribution in [2.75, 3.05) is 0 Å². The Morgan fingerprint density at radius 2 is 2.40 bits per heavy atom. The Hall–Kier alpha value is -0.630. The summed E-state index contributed by atoms with van der Waals surface area (Å²) in [5.74, 6) is 0. The minimum Gasteiger partial charge on any atom is -0.200 e. The van der Waals surface area contributed by atoms with Gasteiger partial charge < -0.3 is 0 Å². The van der Waals surface area contributed by atoms with Crippen LogP contribution in [0.15, 0.2) is 11.8 Å². The second-order valence-corrected chi connectivity index (χ2v) is 3.54. The van der Waals surface area contributed by atoms with Crippen molar-refractivity contribution >= 4 is 17.6 Å². The standard InChI is InChI=1S/C8H9NS/c1-6-2-3-7-5-9-10-8(7)4-6/h4-5H,2-3H2,1H3. The molecule has 1 aliphatic rings. The fourth-order valence-electron chi connectivity index (χ4n) is 1.20. The molecule has 52 valence electrons. The van der Waals surface area contributed by atoms with E-state index >= 15 is 0 Å². The Bertz CT molecular complexity index is 273. The molecule has 0 N–H and O–H groups in total. The average molecular weight is 151 g/mol. The second-order valence-electron chi connectivity index (χ2n) is 2.71. The number of fused-ring (bicyclic) bond motifs is 1. The van der Waals surface area contributed by atoms with E-state index in [9.17, 15) is 0 Å². The van der Waals surface area contributed by atoms with E-state index in [1.165, 1.54) is 28.9 Å². The predicted octanol–water partition coefficient (Wildman–Crippen LogP) is 2.49. The lowest BCUT2D eigenvalue weighted by molar-refractivity contribution is 0.933. The van der Waals surface area contributed by atoms with Gasteiger partial charge in [0.25, 0.3) is 0 Å². The van der Waals surface area contributed by atoms with Gasteiger partial charge in [0, 0.05) is 6.20 Å². The van der Waals surface area contributed by atoms with Crippen LogP contribution in [0.5, 0.6) is 0 Å². The van der Waals surface area contributed by atoms with Gasteiger partial charge >= 0.3 is 0 Å². The molecule has 0 bridgehead atoms. The highest BCUT2D eigenvalue weighted by Crippen LogP contribution is 2.25. The van der Waals surface area contributed by atoms with Gasteiger partial charge in [-0.1, -0.05) is 5.57 Å². The van der Waals surface area contributed by atoms with Crippen molar-refractivity contribution in [1.29, 1.82) is 0 Å². The lowest BCUT2D eigenvalue weighted by Gasteiger charge is -2.06. The molecule has 10 heavy (non-hydrogen) atoms. The van der Waals surface area contributed by atoms with Crippen molar-refractivity contribution in [3.05, 3.63) is 22.2 Å². The number of nitrogens with zero attached hydrogens (tertiary/aromatic N) is 1. The summed E-state index contributed by atoms with van der Waals surface area (Å²) in [5.41, 5.74) is 2.91. The molecule has 0 saturated carbocycles. The summed E-state index contributed by atoms with van der Waals surface area (Å²) in [4.78, 5) is 1.36. The summed E-state index contributed by atoms with van der Waals surface area (Å²) in [5, 5.41) is 0. The van der Waals surface area contributed by atoms with Crippen molar-refractivity contribution in [2.24, 2.45) is 0 Å². The minimum absolute atomic E-state index is 1.19. The Kier molecular flexibility index (Phi) is 1.34. The molecule has 1 aromatic rings. The zero-order valence-electron chi connectivity index (χ0n) is 5.92. The van der Waals surface area contributed by atoms with Crippen LogP contribution < -0.4 is 0 Å². The topological polar surface area (TPSA) is 12.9 Å². The largest absolute Gasteiger partial charge is 0.200 e. The van der Waals surface area contributed by atoms with Crippen molar-refractivity contribution in [2.45, 2.75) is 19.8 Å². The van der Waals surface area contributed by atoms with Crippen LogP contribution in [-0.2, 0) is 6.42 Å². The molecule has 0 aliphatic heterocycles. The van der Waals surface area contributed by atoms with E-state index in [4.69, 9.17) is 0 Å². The Balaban J connectivity index is 2.50. The maximum atomic E-state index is 4.14. The predicted molar refractivity (Wildman–Crippen MR) is 44.1 cm³/mol. The van der Waals surface area contributed by atoms with Gasteiger partial charge in [0.15, 0.2) is 0 Å². The molecule has 1 aromatic heterocycles. The minimum atomic E-state index is 1.19. The van der Waals surface area contributed by atoms with Gasteiger partial charge in [-0.25, -0.2) is 4.37 Å². The van der Waals surface area contributed by atoms with Crippen LogP contribution in [0.25, 0.3) is 6.08 Å². The molecule has 0 atom stereocenters. The number of hydrogen-bond acceptors (Lipinski definition) is 2. The summed E-state index contributed by atoms with van der Waals surface area (Å²) in [6, 6.07) is 0. The lowest BCUT2D eigenvalue weighted by atomic mass is 10.0. The van der Waals surface area contributed by atoms with Crippen LogP contribution in [0.4, 0.5) is 0 Å². The number of rotatable bonds is 0. The molecule has 0 spiro atoms. The first kappa shape index (κ1) is 6.10. The third-order valence-electron chi connectivity index (χ3n) is 1.84. The molecule has 1 heterocycles. The van der Waals surface area contributed by atoms with Crippen LogP contribution in [0.2, 0.25) is 0 Å². The van der Waals surface area contributed by atoms with Crippen molar-refractivity contribution in [1.82, 2.24) is 4.37 Å². The fourth-order valence-corrected chi connectivity index (χ4v) is 2.02. The first-order chi connectivity index (χ1) is 4.86. The first-order valence-corrected chi connectivity index (χ1v) is 4.24. The summed E-state index contributed by atoms with van der Waals surface area (Å²) >= 11 is 1.60. The average Bonchev–Trinajstić information content (AvgIpc) is 2.33. The lowest BCUT2D eigenvalue weighted by Crippen LogP contribution is -1.91. The third-order valence-corrected chi connectivity index (χ3v) is 2.63. The highest BCUT2D eigenvalue weighted by Gasteiger charge is 2.08. The van der Waals surface area contributed by atoms with Crippen LogP contribution in [-0.4, -0.2) is 4.37 Å². The SMILES string of the molecule is CC1=Cc2sncc2CC1. The molecule has 0 saturated heterocycles. The van der Waals surface area contributed by atoms with Gasteiger partial charge in [0.2, 0.25) is 0 Å². The van der Waals surface area contributed by atoms with E-state index < -0.39 is 0 Å². The Labute approximate surface area is 64.6 Å². The Morgan fingerprint density at radius 1 is 1.50 bits per heavy atom. The fraction of sp³-hybridized carbons (Fsp3) is 0.375. The molecule has 0 amide bonds. The summed E-state index contributed by atoms with van der Waals surface area (Å²) in [7, 11) is 0. The number of allylic oxidation sites excluding steroid dienone is 1. The zero-order chi connectivity index (χ0) is 6.97. The van der Waals surface area contributed by atoms with Gasteiger partial charge in [-0.3, -0.25) is 0 Å². The smallest absolute Gasteiger partial charge is 0.0509 e. The van der Waals surface area contributed by atoms with E-state index in [1.807, 2.05) is 6.20 Å². The maximum absolute atomic E-state index is 4.14. The summed E-state index contributed by atoms with van der Waals surface area (Å²) in [6.07, 6.45) is 6.64. The van der Waals surface area contributed by atoms with Crippen LogP contribution in [0, 0.1) is 0 Å². The molecule has 2 rings (SSSR count). The normalized spacial score (nSPS) is 16.3. The highest BCUT2D eigenvalue weighted by atomic mass is 32.1. The van der Waals surface area contributed by atoms with E-state index in [2.05, 4.69) is 17.4 Å². The molecular weight excluding hydrogens is 142 g/mol. The first-order valence-electron chi connectivity index (χ1n) is 3.47. The molecule has 1 aliphatic carbocycles. The molecule has 0 aromatic carbocycles. The van der Waals surface area contributed by atoms with E-state index in [1.54, 1.807) is 11.5 Å². The molecule has 0 radical (unpaired) electrons. The molecule has 0 fully saturated rings. The molecule has 2 heteroatoms. The highest BCUT2D eigenvalue weighted by molar-refractivity contribution is 7.06. The van der Waals surface area contributed by atoms with E-state index in [0.29, 0.717) is 0 Å². The number of aryl methyl sites for hydroxylation is 1. The van der Waals surface area contributed by atoms with Crippen molar-refractivity contribution < 1.29 is 0 Å². The van der Waals surface area contributed by atoms with Crippen LogP contribution in [0.3, 0.4) is 0 Å². The maximum Gasteiger partial charge on any atom is 0.0509 e. The summed E-state index contributed by atoms with van der Waals surface area (Å²) < 4.78 is 4.14. The van der Waals surface area contributed by atoms with E-state index in [-0.39, 0.29) is 0 Å². The van der Waals surface area contributed by atoms with Gasteiger partial charge in [-0.2, -0.15) is 0 Å². The third kappa shape index (κ3) is 0.886. The van der Waals surface area contributed by atoms with Gasteiger partial charge in [0.1, 0.15) is 0 Å². The van der Waals surface area contributed by atoms with Crippen molar-refractivity contribution in [3.63, 3.8) is 0 Å². The quantitative estimate of drug-likeness (QED) is 0.555. The van der Waals surface area contributed by atoms with Gasteiger partial charge in [-0.15, -0.1) is 0 Å². The van der Waals surface area contributed by atoms with Gasteiger partial charge in [-0.05, 0) is 42.9 Å². The molecular formula is C8H9NS. The second kappa shape index (κ2) is 2.20. The molecule has 1 nitrogen and oxygen atoms in total. The van der Waals surface area contributed by atoms with Crippen LogP contribution in [0.1, 0.15) is 23.8 Å². The van der Waals surface area contributed by atoms with Gasteiger partial charge in [0.05, 0.1) is 4.88 Å². The number of aromatic nitrogens is 1. The van der Waals surface area contributed by atoms with Crippen molar-refractivity contribution in [3.8, 4) is 0 Å².